The zero-order valence-corrected chi connectivity index (χ0v) is 17.6. The number of hydrogen-bond acceptors (Lipinski definition) is 7. The third-order valence-corrected chi connectivity index (χ3v) is 5.66. The summed E-state index contributed by atoms with van der Waals surface area (Å²) < 4.78 is 17.3. The molecule has 0 saturated carbocycles. The van der Waals surface area contributed by atoms with E-state index >= 15 is 0 Å². The second-order valence-corrected chi connectivity index (χ2v) is 7.20. The number of carbonyl (C=O) groups excluding carboxylic acids is 1. The van der Waals surface area contributed by atoms with E-state index in [1.807, 2.05) is 6.92 Å². The van der Waals surface area contributed by atoms with E-state index in [1.165, 1.54) is 29.3 Å². The first-order chi connectivity index (χ1) is 14.0. The van der Waals surface area contributed by atoms with E-state index in [0.717, 1.165) is 0 Å². The SMILES string of the molecule is CCOCCn1cnc2sc(C(=O)Nc3ccc(OC)cc3OC)c(C)c2c1=O. The van der Waals surface area contributed by atoms with E-state index in [2.05, 4.69) is 10.3 Å². The highest BCUT2D eigenvalue weighted by Gasteiger charge is 2.20. The van der Waals surface area contributed by atoms with Crippen molar-refractivity contribution in [3.8, 4) is 11.5 Å². The molecule has 0 bridgehead atoms. The number of hydrogen-bond donors (Lipinski definition) is 1. The standard InChI is InChI=1S/C20H23N3O5S/c1-5-28-9-8-23-11-21-19-16(20(23)25)12(2)17(29-19)18(24)22-14-7-6-13(26-3)10-15(14)27-4/h6-7,10-11H,5,8-9H2,1-4H3,(H,22,24). The molecule has 3 rings (SSSR count). The van der Waals surface area contributed by atoms with Gasteiger partial charge in [0.05, 0.1) is 49.6 Å². The number of thiophene rings is 1. The zero-order chi connectivity index (χ0) is 21.0. The van der Waals surface area contributed by atoms with Crippen LogP contribution < -0.4 is 20.3 Å². The maximum Gasteiger partial charge on any atom is 0.266 e. The summed E-state index contributed by atoms with van der Waals surface area (Å²) in [5.41, 5.74) is 0.944. The number of ether oxygens (including phenoxy) is 3. The fraction of sp³-hybridized carbons (Fsp3) is 0.350. The molecule has 0 aliphatic carbocycles. The first-order valence-corrected chi connectivity index (χ1v) is 9.91. The van der Waals surface area contributed by atoms with Crippen LogP contribution in [0.25, 0.3) is 10.2 Å². The molecular weight excluding hydrogens is 394 g/mol. The van der Waals surface area contributed by atoms with Crippen molar-refractivity contribution in [2.24, 2.45) is 0 Å². The van der Waals surface area contributed by atoms with Gasteiger partial charge in [0.25, 0.3) is 11.5 Å². The van der Waals surface area contributed by atoms with Crippen molar-refractivity contribution in [3.05, 3.63) is 45.3 Å². The number of amides is 1. The van der Waals surface area contributed by atoms with Crippen molar-refractivity contribution in [2.75, 3.05) is 32.8 Å². The molecule has 0 aliphatic rings. The Hall–Kier alpha value is -2.91. The van der Waals surface area contributed by atoms with E-state index in [1.54, 1.807) is 32.2 Å². The topological polar surface area (TPSA) is 91.7 Å². The monoisotopic (exact) mass is 417 g/mol. The molecule has 1 aromatic carbocycles. The summed E-state index contributed by atoms with van der Waals surface area (Å²) >= 11 is 1.19. The molecule has 2 aromatic heterocycles. The van der Waals surface area contributed by atoms with Crippen molar-refractivity contribution >= 4 is 33.1 Å². The molecule has 9 heteroatoms. The Kier molecular flexibility index (Phi) is 6.50. The molecule has 0 spiro atoms. The van der Waals surface area contributed by atoms with Gasteiger partial charge in [0.1, 0.15) is 16.3 Å². The van der Waals surface area contributed by atoms with Crippen molar-refractivity contribution in [3.63, 3.8) is 0 Å². The second-order valence-electron chi connectivity index (χ2n) is 6.20. The van der Waals surface area contributed by atoms with Crippen LogP contribution in [0.3, 0.4) is 0 Å². The summed E-state index contributed by atoms with van der Waals surface area (Å²) in [6.07, 6.45) is 1.49. The summed E-state index contributed by atoms with van der Waals surface area (Å²) in [5.74, 6) is 0.775. The fourth-order valence-corrected chi connectivity index (χ4v) is 3.96. The van der Waals surface area contributed by atoms with E-state index in [0.29, 0.717) is 57.6 Å². The number of methoxy groups -OCH3 is 2. The summed E-state index contributed by atoms with van der Waals surface area (Å²) in [6.45, 7) is 5.08. The largest absolute Gasteiger partial charge is 0.497 e. The molecule has 0 atom stereocenters. The highest BCUT2D eigenvalue weighted by molar-refractivity contribution is 7.20. The summed E-state index contributed by atoms with van der Waals surface area (Å²) in [6, 6.07) is 5.12. The van der Waals surface area contributed by atoms with Crippen LogP contribution in [0, 0.1) is 6.92 Å². The number of nitrogens with zero attached hydrogens (tertiary/aromatic N) is 2. The Morgan fingerprint density at radius 3 is 2.76 bits per heavy atom. The van der Waals surface area contributed by atoms with Gasteiger partial charge in [-0.1, -0.05) is 0 Å². The summed E-state index contributed by atoms with van der Waals surface area (Å²) in [4.78, 5) is 31.0. The van der Waals surface area contributed by atoms with Gasteiger partial charge in [0.2, 0.25) is 0 Å². The minimum atomic E-state index is -0.325. The van der Waals surface area contributed by atoms with Gasteiger partial charge in [0.15, 0.2) is 0 Å². The van der Waals surface area contributed by atoms with Crippen LogP contribution in [0.5, 0.6) is 11.5 Å². The number of anilines is 1. The molecule has 0 saturated heterocycles. The Morgan fingerprint density at radius 1 is 1.28 bits per heavy atom. The molecule has 0 fully saturated rings. The predicted molar refractivity (Wildman–Crippen MR) is 113 cm³/mol. The first kappa shape index (κ1) is 20.8. The van der Waals surface area contributed by atoms with Crippen molar-refractivity contribution in [1.29, 1.82) is 0 Å². The molecule has 8 nitrogen and oxygen atoms in total. The second kappa shape index (κ2) is 9.06. The predicted octanol–water partition coefficient (Wildman–Crippen LogP) is 3.07. The van der Waals surface area contributed by atoms with Gasteiger partial charge in [-0.3, -0.25) is 14.2 Å². The molecule has 1 amide bonds. The van der Waals surface area contributed by atoms with Gasteiger partial charge in [-0.05, 0) is 31.5 Å². The number of benzene rings is 1. The Bertz CT molecular complexity index is 1090. The van der Waals surface area contributed by atoms with E-state index in [9.17, 15) is 9.59 Å². The maximum absolute atomic E-state index is 12.9. The Labute approximate surface area is 172 Å². The average molecular weight is 417 g/mol. The quantitative estimate of drug-likeness (QED) is 0.567. The number of aromatic nitrogens is 2. The first-order valence-electron chi connectivity index (χ1n) is 9.09. The van der Waals surface area contributed by atoms with Crippen molar-refractivity contribution in [1.82, 2.24) is 9.55 Å². The molecule has 2 heterocycles. The maximum atomic E-state index is 12.9. The molecule has 1 N–H and O–H groups in total. The lowest BCUT2D eigenvalue weighted by atomic mass is 10.2. The Morgan fingerprint density at radius 2 is 2.07 bits per heavy atom. The zero-order valence-electron chi connectivity index (χ0n) is 16.8. The number of nitrogens with one attached hydrogen (secondary N) is 1. The lowest BCUT2D eigenvalue weighted by Crippen LogP contribution is -2.23. The van der Waals surface area contributed by atoms with Gasteiger partial charge in [0, 0.05) is 12.7 Å². The number of rotatable bonds is 8. The van der Waals surface area contributed by atoms with Crippen LogP contribution in [0.4, 0.5) is 5.69 Å². The van der Waals surface area contributed by atoms with Gasteiger partial charge in [-0.15, -0.1) is 11.3 Å². The van der Waals surface area contributed by atoms with Crippen LogP contribution in [0.15, 0.2) is 29.3 Å². The fourth-order valence-electron chi connectivity index (χ4n) is 2.92. The summed E-state index contributed by atoms with van der Waals surface area (Å²) in [5, 5.41) is 3.30. The highest BCUT2D eigenvalue weighted by Crippen LogP contribution is 2.32. The van der Waals surface area contributed by atoms with Crippen LogP contribution in [0.2, 0.25) is 0 Å². The number of fused-ring (bicyclic) bond motifs is 1. The van der Waals surface area contributed by atoms with E-state index in [-0.39, 0.29) is 11.5 Å². The molecule has 0 aliphatic heterocycles. The minimum Gasteiger partial charge on any atom is -0.497 e. The number of carbonyl (C=O) groups is 1. The van der Waals surface area contributed by atoms with Gasteiger partial charge in [-0.2, -0.15) is 0 Å². The third-order valence-electron chi connectivity index (χ3n) is 4.46. The average Bonchev–Trinajstić information content (AvgIpc) is 3.07. The van der Waals surface area contributed by atoms with Crippen LogP contribution in [-0.2, 0) is 11.3 Å². The third kappa shape index (κ3) is 4.25. The van der Waals surface area contributed by atoms with Gasteiger partial charge < -0.3 is 19.5 Å². The molecule has 29 heavy (non-hydrogen) atoms. The van der Waals surface area contributed by atoms with Crippen LogP contribution in [-0.4, -0.2) is 42.9 Å². The Balaban J connectivity index is 1.92. The molecule has 3 aromatic rings. The molecule has 0 radical (unpaired) electrons. The lowest BCUT2D eigenvalue weighted by Gasteiger charge is -2.11. The van der Waals surface area contributed by atoms with Gasteiger partial charge in [-0.25, -0.2) is 4.98 Å². The van der Waals surface area contributed by atoms with Crippen molar-refractivity contribution < 1.29 is 19.0 Å². The van der Waals surface area contributed by atoms with E-state index < -0.39 is 0 Å². The van der Waals surface area contributed by atoms with Crippen LogP contribution in [0.1, 0.15) is 22.2 Å². The highest BCUT2D eigenvalue weighted by atomic mass is 32.1. The number of aryl methyl sites for hydroxylation is 1. The van der Waals surface area contributed by atoms with E-state index in [4.69, 9.17) is 14.2 Å². The van der Waals surface area contributed by atoms with Crippen LogP contribution >= 0.6 is 11.3 Å². The summed E-state index contributed by atoms with van der Waals surface area (Å²) in [7, 11) is 3.07. The normalized spacial score (nSPS) is 10.9. The lowest BCUT2D eigenvalue weighted by molar-refractivity contribution is 0.102. The smallest absolute Gasteiger partial charge is 0.266 e. The van der Waals surface area contributed by atoms with Crippen molar-refractivity contribution in [2.45, 2.75) is 20.4 Å². The minimum absolute atomic E-state index is 0.176. The van der Waals surface area contributed by atoms with Gasteiger partial charge >= 0.3 is 0 Å². The molecule has 0 unspecified atom stereocenters. The molecular formula is C20H23N3O5S. The molecule has 154 valence electrons.